The SMILES string of the molecule is CCCCC(C)NCc1cnn(C(C)(C)C)c1. The smallest absolute Gasteiger partial charge is 0.0543 e. The van der Waals surface area contributed by atoms with Gasteiger partial charge in [0, 0.05) is 24.3 Å². The van der Waals surface area contributed by atoms with E-state index in [4.69, 9.17) is 0 Å². The van der Waals surface area contributed by atoms with Crippen molar-refractivity contribution < 1.29 is 0 Å². The predicted octanol–water partition coefficient (Wildman–Crippen LogP) is 3.31. The van der Waals surface area contributed by atoms with Gasteiger partial charge in [0.15, 0.2) is 0 Å². The molecule has 1 heterocycles. The molecule has 0 aliphatic heterocycles. The summed E-state index contributed by atoms with van der Waals surface area (Å²) in [5.74, 6) is 0. The van der Waals surface area contributed by atoms with E-state index in [1.807, 2.05) is 10.9 Å². The number of unbranched alkanes of at least 4 members (excludes halogenated alkanes) is 1. The van der Waals surface area contributed by atoms with E-state index >= 15 is 0 Å². The second kappa shape index (κ2) is 6.20. The van der Waals surface area contributed by atoms with Crippen LogP contribution in [0.25, 0.3) is 0 Å². The first-order valence-electron chi connectivity index (χ1n) is 6.71. The summed E-state index contributed by atoms with van der Waals surface area (Å²) in [5.41, 5.74) is 1.34. The Morgan fingerprint density at radius 1 is 1.41 bits per heavy atom. The predicted molar refractivity (Wildman–Crippen MR) is 73.0 cm³/mol. The van der Waals surface area contributed by atoms with Crippen LogP contribution < -0.4 is 5.32 Å². The lowest BCUT2D eigenvalue weighted by molar-refractivity contribution is 0.355. The molecule has 0 aliphatic carbocycles. The molecule has 0 aromatic carbocycles. The number of rotatable bonds is 6. The maximum atomic E-state index is 4.40. The molecule has 0 saturated carbocycles. The van der Waals surface area contributed by atoms with Gasteiger partial charge in [-0.05, 0) is 34.1 Å². The Hall–Kier alpha value is -0.830. The van der Waals surface area contributed by atoms with Crippen molar-refractivity contribution in [1.82, 2.24) is 15.1 Å². The fourth-order valence-electron chi connectivity index (χ4n) is 1.72. The van der Waals surface area contributed by atoms with Crippen molar-refractivity contribution in [2.24, 2.45) is 0 Å². The summed E-state index contributed by atoms with van der Waals surface area (Å²) < 4.78 is 2.03. The van der Waals surface area contributed by atoms with E-state index in [1.54, 1.807) is 0 Å². The molecule has 3 nitrogen and oxygen atoms in total. The minimum atomic E-state index is 0.0755. The van der Waals surface area contributed by atoms with E-state index in [1.165, 1.54) is 24.8 Å². The van der Waals surface area contributed by atoms with Gasteiger partial charge in [-0.1, -0.05) is 19.8 Å². The third-order valence-electron chi connectivity index (χ3n) is 2.97. The molecule has 1 atom stereocenters. The van der Waals surface area contributed by atoms with Gasteiger partial charge < -0.3 is 5.32 Å². The molecule has 1 aromatic rings. The topological polar surface area (TPSA) is 29.9 Å². The lowest BCUT2D eigenvalue weighted by Gasteiger charge is -2.18. The van der Waals surface area contributed by atoms with Crippen LogP contribution >= 0.6 is 0 Å². The molecule has 0 fully saturated rings. The van der Waals surface area contributed by atoms with Crippen molar-refractivity contribution in [3.05, 3.63) is 18.0 Å². The highest BCUT2D eigenvalue weighted by molar-refractivity contribution is 5.05. The van der Waals surface area contributed by atoms with Crippen molar-refractivity contribution in [1.29, 1.82) is 0 Å². The summed E-state index contributed by atoms with van der Waals surface area (Å²) in [5, 5.41) is 7.95. The Morgan fingerprint density at radius 2 is 2.12 bits per heavy atom. The Balaban J connectivity index is 2.40. The summed E-state index contributed by atoms with van der Waals surface area (Å²) >= 11 is 0. The van der Waals surface area contributed by atoms with Crippen LogP contribution in [0.15, 0.2) is 12.4 Å². The highest BCUT2D eigenvalue weighted by Crippen LogP contribution is 2.13. The van der Waals surface area contributed by atoms with E-state index in [0.717, 1.165) is 6.54 Å². The quantitative estimate of drug-likeness (QED) is 0.822. The second-order valence-corrected chi connectivity index (χ2v) is 5.89. The van der Waals surface area contributed by atoms with E-state index < -0.39 is 0 Å². The van der Waals surface area contributed by atoms with Crippen molar-refractivity contribution in [3.8, 4) is 0 Å². The molecule has 0 bridgehead atoms. The van der Waals surface area contributed by atoms with Crippen LogP contribution in [0.2, 0.25) is 0 Å². The Kier molecular flexibility index (Phi) is 5.19. The largest absolute Gasteiger partial charge is 0.310 e. The molecule has 98 valence electrons. The van der Waals surface area contributed by atoms with Crippen molar-refractivity contribution in [3.63, 3.8) is 0 Å². The lowest BCUT2D eigenvalue weighted by atomic mass is 10.1. The third kappa shape index (κ3) is 4.90. The van der Waals surface area contributed by atoms with Gasteiger partial charge >= 0.3 is 0 Å². The monoisotopic (exact) mass is 237 g/mol. The molecular formula is C14H27N3. The van der Waals surface area contributed by atoms with Crippen LogP contribution in [0, 0.1) is 0 Å². The number of aromatic nitrogens is 2. The molecule has 0 radical (unpaired) electrons. The van der Waals surface area contributed by atoms with Crippen molar-refractivity contribution >= 4 is 0 Å². The van der Waals surface area contributed by atoms with E-state index in [0.29, 0.717) is 6.04 Å². The molecule has 17 heavy (non-hydrogen) atoms. The zero-order valence-corrected chi connectivity index (χ0v) is 12.0. The Labute approximate surface area is 106 Å². The summed E-state index contributed by atoms with van der Waals surface area (Å²) in [6, 6.07) is 0.591. The number of nitrogens with zero attached hydrogens (tertiary/aromatic N) is 2. The average molecular weight is 237 g/mol. The maximum Gasteiger partial charge on any atom is 0.0543 e. The van der Waals surface area contributed by atoms with Gasteiger partial charge in [-0.3, -0.25) is 4.68 Å². The third-order valence-corrected chi connectivity index (χ3v) is 2.97. The molecule has 1 aromatic heterocycles. The van der Waals surface area contributed by atoms with Crippen LogP contribution in [0.4, 0.5) is 0 Å². The minimum absolute atomic E-state index is 0.0755. The van der Waals surface area contributed by atoms with Crippen LogP contribution in [0.1, 0.15) is 59.4 Å². The summed E-state index contributed by atoms with van der Waals surface area (Å²) in [4.78, 5) is 0. The number of hydrogen-bond donors (Lipinski definition) is 1. The van der Waals surface area contributed by atoms with E-state index in [-0.39, 0.29) is 5.54 Å². The Bertz CT molecular complexity index is 322. The highest BCUT2D eigenvalue weighted by Gasteiger charge is 2.13. The number of hydrogen-bond acceptors (Lipinski definition) is 2. The molecule has 0 spiro atoms. The molecule has 1 N–H and O–H groups in total. The molecular weight excluding hydrogens is 210 g/mol. The zero-order chi connectivity index (χ0) is 12.9. The summed E-state index contributed by atoms with van der Waals surface area (Å²) in [6.07, 6.45) is 7.93. The molecule has 3 heteroatoms. The van der Waals surface area contributed by atoms with E-state index in [2.05, 4.69) is 51.2 Å². The first-order chi connectivity index (χ1) is 7.93. The van der Waals surface area contributed by atoms with Gasteiger partial charge in [-0.15, -0.1) is 0 Å². The molecule has 0 saturated heterocycles. The maximum absolute atomic E-state index is 4.40. The van der Waals surface area contributed by atoms with Crippen LogP contribution in [-0.2, 0) is 12.1 Å². The van der Waals surface area contributed by atoms with Gasteiger partial charge in [0.25, 0.3) is 0 Å². The molecule has 1 unspecified atom stereocenters. The van der Waals surface area contributed by atoms with E-state index in [9.17, 15) is 0 Å². The van der Waals surface area contributed by atoms with Gasteiger partial charge in [-0.2, -0.15) is 5.10 Å². The highest BCUT2D eigenvalue weighted by atomic mass is 15.3. The first kappa shape index (κ1) is 14.2. The molecule has 0 aliphatic rings. The van der Waals surface area contributed by atoms with Crippen LogP contribution in [-0.4, -0.2) is 15.8 Å². The molecule has 1 rings (SSSR count). The van der Waals surface area contributed by atoms with Crippen LogP contribution in [0.5, 0.6) is 0 Å². The number of nitrogens with one attached hydrogen (secondary N) is 1. The van der Waals surface area contributed by atoms with Crippen molar-refractivity contribution in [2.45, 2.75) is 72.0 Å². The van der Waals surface area contributed by atoms with Gasteiger partial charge in [0.1, 0.15) is 0 Å². The van der Waals surface area contributed by atoms with Crippen LogP contribution in [0.3, 0.4) is 0 Å². The lowest BCUT2D eigenvalue weighted by Crippen LogP contribution is -2.25. The summed E-state index contributed by atoms with van der Waals surface area (Å²) in [6.45, 7) is 11.9. The summed E-state index contributed by atoms with van der Waals surface area (Å²) in [7, 11) is 0. The normalized spacial score (nSPS) is 13.9. The minimum Gasteiger partial charge on any atom is -0.310 e. The van der Waals surface area contributed by atoms with Gasteiger partial charge in [0.2, 0.25) is 0 Å². The Morgan fingerprint density at radius 3 is 2.65 bits per heavy atom. The fourth-order valence-corrected chi connectivity index (χ4v) is 1.72. The van der Waals surface area contributed by atoms with Gasteiger partial charge in [-0.25, -0.2) is 0 Å². The molecule has 0 amide bonds. The fraction of sp³-hybridized carbons (Fsp3) is 0.786. The van der Waals surface area contributed by atoms with Crippen molar-refractivity contribution in [2.75, 3.05) is 0 Å². The second-order valence-electron chi connectivity index (χ2n) is 5.89. The standard InChI is InChI=1S/C14H27N3/c1-6-7-8-12(2)15-9-13-10-16-17(11-13)14(3,4)5/h10-12,15H,6-9H2,1-5H3. The average Bonchev–Trinajstić information content (AvgIpc) is 2.71. The zero-order valence-electron chi connectivity index (χ0n) is 12.0. The van der Waals surface area contributed by atoms with Gasteiger partial charge in [0.05, 0.1) is 11.7 Å². The first-order valence-corrected chi connectivity index (χ1v) is 6.71.